The second-order valence-corrected chi connectivity index (χ2v) is 7.31. The Hall–Kier alpha value is -0.400. The summed E-state index contributed by atoms with van der Waals surface area (Å²) in [5, 5.41) is -0.179. The van der Waals surface area contributed by atoms with Gasteiger partial charge in [-0.1, -0.05) is 17.7 Å². The Labute approximate surface area is 135 Å². The van der Waals surface area contributed by atoms with Crippen molar-refractivity contribution in [3.8, 4) is 0 Å². The van der Waals surface area contributed by atoms with Gasteiger partial charge in [-0.25, -0.2) is 12.8 Å². The largest absolute Gasteiger partial charge is 0.330 e. The van der Waals surface area contributed by atoms with E-state index in [1.54, 1.807) is 0 Å². The number of nitrogens with two attached hydrogens (primary N) is 1. The third-order valence-corrected chi connectivity index (χ3v) is 5.77. The van der Waals surface area contributed by atoms with Crippen molar-refractivity contribution in [2.45, 2.75) is 24.2 Å². The highest BCUT2D eigenvalue weighted by atomic mass is 35.5. The van der Waals surface area contributed by atoms with Gasteiger partial charge in [-0.3, -0.25) is 0 Å². The van der Waals surface area contributed by atoms with Crippen LogP contribution >= 0.6 is 24.0 Å². The van der Waals surface area contributed by atoms with Gasteiger partial charge in [0.25, 0.3) is 0 Å². The Morgan fingerprint density at radius 2 is 2.14 bits per heavy atom. The SMILES string of the molecule is Cl.NCCC1CCCN(S(=O)(=O)c2cccc(Cl)c2F)C1. The summed E-state index contributed by atoms with van der Waals surface area (Å²) in [6, 6.07) is 4.03. The van der Waals surface area contributed by atoms with Crippen LogP contribution in [-0.2, 0) is 10.0 Å². The van der Waals surface area contributed by atoms with Crippen molar-refractivity contribution < 1.29 is 12.8 Å². The molecule has 0 aromatic heterocycles. The molecule has 0 radical (unpaired) electrons. The van der Waals surface area contributed by atoms with E-state index in [1.165, 1.54) is 22.5 Å². The number of piperidine rings is 1. The third-order valence-electron chi connectivity index (χ3n) is 3.59. The summed E-state index contributed by atoms with van der Waals surface area (Å²) < 4.78 is 40.3. The van der Waals surface area contributed by atoms with Crippen LogP contribution < -0.4 is 5.73 Å². The molecule has 2 N–H and O–H groups in total. The van der Waals surface area contributed by atoms with Crippen LogP contribution in [0.15, 0.2) is 23.1 Å². The smallest absolute Gasteiger partial charge is 0.246 e. The van der Waals surface area contributed by atoms with Crippen LogP contribution in [-0.4, -0.2) is 32.4 Å². The molecule has 120 valence electrons. The lowest BCUT2D eigenvalue weighted by Gasteiger charge is -2.31. The van der Waals surface area contributed by atoms with Crippen molar-refractivity contribution in [1.29, 1.82) is 0 Å². The van der Waals surface area contributed by atoms with Crippen LogP contribution in [0.5, 0.6) is 0 Å². The fourth-order valence-corrected chi connectivity index (χ4v) is 4.41. The number of hydrogen-bond donors (Lipinski definition) is 1. The van der Waals surface area contributed by atoms with Gasteiger partial charge < -0.3 is 5.73 Å². The van der Waals surface area contributed by atoms with Gasteiger partial charge >= 0.3 is 0 Å². The second-order valence-electron chi connectivity index (χ2n) is 5.00. The molecule has 1 saturated heterocycles. The quantitative estimate of drug-likeness (QED) is 0.901. The van der Waals surface area contributed by atoms with E-state index < -0.39 is 15.8 Å². The molecule has 1 fully saturated rings. The van der Waals surface area contributed by atoms with E-state index in [-0.39, 0.29) is 28.2 Å². The zero-order valence-electron chi connectivity index (χ0n) is 11.5. The van der Waals surface area contributed by atoms with Crippen LogP contribution in [0, 0.1) is 11.7 Å². The minimum absolute atomic E-state index is 0. The summed E-state index contributed by atoms with van der Waals surface area (Å²) in [5.41, 5.74) is 5.52. The molecule has 0 bridgehead atoms. The predicted molar refractivity (Wildman–Crippen MR) is 83.8 cm³/mol. The predicted octanol–water partition coefficient (Wildman–Crippen LogP) is 2.65. The van der Waals surface area contributed by atoms with Crippen molar-refractivity contribution in [3.05, 3.63) is 29.0 Å². The van der Waals surface area contributed by atoms with Crippen molar-refractivity contribution >= 4 is 34.0 Å². The average molecular weight is 357 g/mol. The fourth-order valence-electron chi connectivity index (χ4n) is 2.54. The number of rotatable bonds is 4. The Kier molecular flexibility index (Phi) is 6.87. The molecular formula is C13H19Cl2FN2O2S. The molecule has 1 unspecified atom stereocenters. The zero-order chi connectivity index (χ0) is 14.8. The summed E-state index contributed by atoms with van der Waals surface area (Å²) in [6.45, 7) is 1.34. The van der Waals surface area contributed by atoms with Crippen LogP contribution in [0.1, 0.15) is 19.3 Å². The van der Waals surface area contributed by atoms with Crippen LogP contribution in [0.2, 0.25) is 5.02 Å². The minimum Gasteiger partial charge on any atom is -0.330 e. The molecule has 8 heteroatoms. The maximum Gasteiger partial charge on any atom is 0.246 e. The molecule has 1 atom stereocenters. The highest BCUT2D eigenvalue weighted by molar-refractivity contribution is 7.89. The lowest BCUT2D eigenvalue weighted by molar-refractivity contribution is 0.257. The first-order chi connectivity index (χ1) is 9.46. The lowest BCUT2D eigenvalue weighted by atomic mass is 9.96. The normalized spacial score (nSPS) is 20.0. The standard InChI is InChI=1S/C13H18ClFN2O2S.ClH/c14-11-4-1-5-12(13(11)15)20(18,19)17-8-2-3-10(9-17)6-7-16;/h1,4-5,10H,2-3,6-9,16H2;1H. The first-order valence-electron chi connectivity index (χ1n) is 6.61. The van der Waals surface area contributed by atoms with Crippen LogP contribution in [0.3, 0.4) is 0 Å². The second kappa shape index (κ2) is 7.74. The molecule has 1 aromatic rings. The number of benzene rings is 1. The fraction of sp³-hybridized carbons (Fsp3) is 0.538. The molecular weight excluding hydrogens is 338 g/mol. The average Bonchev–Trinajstić information content (AvgIpc) is 2.42. The van der Waals surface area contributed by atoms with E-state index in [2.05, 4.69) is 0 Å². The first-order valence-corrected chi connectivity index (χ1v) is 8.43. The first kappa shape index (κ1) is 18.6. The van der Waals surface area contributed by atoms with Gasteiger partial charge in [-0.15, -0.1) is 12.4 Å². The van der Waals surface area contributed by atoms with Crippen molar-refractivity contribution in [2.75, 3.05) is 19.6 Å². The van der Waals surface area contributed by atoms with E-state index in [9.17, 15) is 12.8 Å². The highest BCUT2D eigenvalue weighted by Gasteiger charge is 2.32. The summed E-state index contributed by atoms with van der Waals surface area (Å²) in [6.07, 6.45) is 2.51. The maximum absolute atomic E-state index is 13.9. The van der Waals surface area contributed by atoms with E-state index in [0.717, 1.165) is 19.3 Å². The van der Waals surface area contributed by atoms with Gasteiger partial charge in [0, 0.05) is 13.1 Å². The van der Waals surface area contributed by atoms with E-state index in [4.69, 9.17) is 17.3 Å². The number of sulfonamides is 1. The number of nitrogens with zero attached hydrogens (tertiary/aromatic N) is 1. The third kappa shape index (κ3) is 4.07. The Morgan fingerprint density at radius 1 is 1.43 bits per heavy atom. The van der Waals surface area contributed by atoms with E-state index in [1.807, 2.05) is 0 Å². The molecule has 1 heterocycles. The summed E-state index contributed by atoms with van der Waals surface area (Å²) in [5.74, 6) is -0.638. The van der Waals surface area contributed by atoms with Gasteiger partial charge in [0.15, 0.2) is 5.82 Å². The highest BCUT2D eigenvalue weighted by Crippen LogP contribution is 2.28. The van der Waals surface area contributed by atoms with Crippen molar-refractivity contribution in [2.24, 2.45) is 11.7 Å². The summed E-state index contributed by atoms with van der Waals surface area (Å²) in [4.78, 5) is -0.349. The number of halogens is 3. The molecule has 1 aliphatic rings. The summed E-state index contributed by atoms with van der Waals surface area (Å²) >= 11 is 5.66. The molecule has 4 nitrogen and oxygen atoms in total. The van der Waals surface area contributed by atoms with Crippen LogP contribution in [0.25, 0.3) is 0 Å². The Balaban J connectivity index is 0.00000220. The molecule has 0 amide bonds. The lowest BCUT2D eigenvalue weighted by Crippen LogP contribution is -2.40. The van der Waals surface area contributed by atoms with E-state index >= 15 is 0 Å². The monoisotopic (exact) mass is 356 g/mol. The van der Waals surface area contributed by atoms with E-state index in [0.29, 0.717) is 19.6 Å². The molecule has 2 rings (SSSR count). The Bertz CT molecular complexity index is 582. The maximum atomic E-state index is 13.9. The van der Waals surface area contributed by atoms with Crippen molar-refractivity contribution in [1.82, 2.24) is 4.31 Å². The van der Waals surface area contributed by atoms with Crippen LogP contribution in [0.4, 0.5) is 4.39 Å². The molecule has 1 aromatic carbocycles. The molecule has 0 spiro atoms. The Morgan fingerprint density at radius 3 is 2.81 bits per heavy atom. The molecule has 21 heavy (non-hydrogen) atoms. The molecule has 1 aliphatic heterocycles. The molecule has 0 aliphatic carbocycles. The topological polar surface area (TPSA) is 63.4 Å². The van der Waals surface area contributed by atoms with Gasteiger partial charge in [0.1, 0.15) is 4.90 Å². The summed E-state index contributed by atoms with van der Waals surface area (Å²) in [7, 11) is -3.83. The van der Waals surface area contributed by atoms with Gasteiger partial charge in [0.05, 0.1) is 5.02 Å². The zero-order valence-corrected chi connectivity index (χ0v) is 13.9. The number of hydrogen-bond acceptors (Lipinski definition) is 3. The van der Waals surface area contributed by atoms with Gasteiger partial charge in [-0.05, 0) is 43.9 Å². The van der Waals surface area contributed by atoms with Gasteiger partial charge in [0.2, 0.25) is 10.0 Å². The van der Waals surface area contributed by atoms with Gasteiger partial charge in [-0.2, -0.15) is 4.31 Å². The molecule has 0 saturated carbocycles. The minimum atomic E-state index is -3.83. The van der Waals surface area contributed by atoms with Crippen molar-refractivity contribution in [3.63, 3.8) is 0 Å².